The Morgan fingerprint density at radius 1 is 0.289 bits per heavy atom. The summed E-state index contributed by atoms with van der Waals surface area (Å²) in [6.07, 6.45) is 6.30. The third-order valence-corrected chi connectivity index (χ3v) is 5.40. The van der Waals surface area contributed by atoms with Gasteiger partial charge in [0.1, 0.15) is 0 Å². The van der Waals surface area contributed by atoms with Crippen LogP contribution >= 0.6 is 22.6 Å². The highest BCUT2D eigenvalue weighted by molar-refractivity contribution is 14.1. The lowest BCUT2D eigenvalue weighted by molar-refractivity contribution is -0.0262. The summed E-state index contributed by atoms with van der Waals surface area (Å²) in [5, 5.41) is 0. The Morgan fingerprint density at radius 3 is 0.789 bits per heavy atom. The molecule has 0 heterocycles. The summed E-state index contributed by atoms with van der Waals surface area (Å²) in [6.45, 7) is 14.0. The van der Waals surface area contributed by atoms with Crippen molar-refractivity contribution in [2.45, 2.75) is 39.0 Å². The van der Waals surface area contributed by atoms with Crippen molar-refractivity contribution < 1.29 is 47.4 Å². The highest BCUT2D eigenvalue weighted by Crippen LogP contribution is 2.02. The number of rotatable bonds is 35. The fourth-order valence-electron chi connectivity index (χ4n) is 2.94. The molecule has 11 heteroatoms. The molecule has 0 aliphatic rings. The molecule has 10 nitrogen and oxygen atoms in total. The van der Waals surface area contributed by atoms with Gasteiger partial charge in [0.05, 0.1) is 126 Å². The lowest BCUT2D eigenvalue weighted by Gasteiger charge is -2.09. The summed E-state index contributed by atoms with van der Waals surface area (Å²) in [4.78, 5) is 0. The van der Waals surface area contributed by atoms with E-state index in [1.807, 2.05) is 0 Å². The first-order chi connectivity index (χ1) is 18.9. The van der Waals surface area contributed by atoms with Crippen molar-refractivity contribution in [3.8, 4) is 0 Å². The van der Waals surface area contributed by atoms with E-state index < -0.39 is 0 Å². The van der Waals surface area contributed by atoms with Gasteiger partial charge in [-0.1, -0.05) is 55.2 Å². The molecule has 0 radical (unpaired) electrons. The van der Waals surface area contributed by atoms with Gasteiger partial charge in [-0.05, 0) is 6.42 Å². The van der Waals surface area contributed by atoms with Crippen LogP contribution in [0, 0.1) is 0 Å². The van der Waals surface area contributed by atoms with E-state index in [0.29, 0.717) is 119 Å². The first kappa shape index (κ1) is 38.3. The van der Waals surface area contributed by atoms with E-state index in [1.165, 1.54) is 25.7 Å². The van der Waals surface area contributed by atoms with E-state index in [2.05, 4.69) is 29.5 Å². The first-order valence-corrected chi connectivity index (χ1v) is 15.8. The minimum absolute atomic E-state index is 0.534. The predicted octanol–water partition coefficient (Wildman–Crippen LogP) is 3.56. The van der Waals surface area contributed by atoms with Crippen molar-refractivity contribution >= 4 is 22.6 Å². The molecular formula is C27H55IO10. The molecular weight excluding hydrogens is 611 g/mol. The monoisotopic (exact) mass is 666 g/mol. The van der Waals surface area contributed by atoms with Crippen LogP contribution < -0.4 is 0 Å². The largest absolute Gasteiger partial charge is 0.379 e. The van der Waals surface area contributed by atoms with Gasteiger partial charge in [-0.3, -0.25) is 0 Å². The molecule has 0 aliphatic carbocycles. The molecule has 0 fully saturated rings. The SMILES string of the molecule is CCCCCCCOCCOCCOCCOCCOCCOCCOCCOCCOCCOCCI. The van der Waals surface area contributed by atoms with Crippen LogP contribution in [0.5, 0.6) is 0 Å². The number of hydrogen-bond acceptors (Lipinski definition) is 10. The van der Waals surface area contributed by atoms with Crippen LogP contribution in [0.4, 0.5) is 0 Å². The van der Waals surface area contributed by atoms with Gasteiger partial charge in [0, 0.05) is 11.0 Å². The second kappa shape index (κ2) is 37.3. The van der Waals surface area contributed by atoms with Gasteiger partial charge >= 0.3 is 0 Å². The van der Waals surface area contributed by atoms with E-state index in [9.17, 15) is 0 Å². The standard InChI is InChI=1S/C27H55IO10/c1-2-3-4-5-6-8-29-10-12-31-14-16-33-18-20-35-22-24-37-26-27-38-25-23-36-21-19-34-17-15-32-13-11-30-9-7-28/h2-27H2,1H3. The van der Waals surface area contributed by atoms with Crippen LogP contribution in [0.15, 0.2) is 0 Å². The maximum absolute atomic E-state index is 5.55. The predicted molar refractivity (Wildman–Crippen MR) is 156 cm³/mol. The molecule has 0 aromatic rings. The molecule has 0 N–H and O–H groups in total. The van der Waals surface area contributed by atoms with E-state index in [-0.39, 0.29) is 0 Å². The Morgan fingerprint density at radius 2 is 0.526 bits per heavy atom. The summed E-state index contributed by atoms with van der Waals surface area (Å²) >= 11 is 2.28. The Balaban J connectivity index is 3.01. The number of hydrogen-bond donors (Lipinski definition) is 0. The molecule has 0 aromatic heterocycles. The third kappa shape index (κ3) is 36.3. The Labute approximate surface area is 245 Å². The molecule has 0 bridgehead atoms. The number of ether oxygens (including phenoxy) is 10. The quantitative estimate of drug-likeness (QED) is 0.0569. The normalized spacial score (nSPS) is 11.5. The van der Waals surface area contributed by atoms with Gasteiger partial charge in [-0.25, -0.2) is 0 Å². The van der Waals surface area contributed by atoms with Gasteiger partial charge in [-0.15, -0.1) is 0 Å². The Hall–Kier alpha value is 0.330. The third-order valence-electron chi connectivity index (χ3n) is 4.96. The minimum atomic E-state index is 0.534. The van der Waals surface area contributed by atoms with Crippen LogP contribution in [0.1, 0.15) is 39.0 Å². The number of halogens is 1. The summed E-state index contributed by atoms with van der Waals surface area (Å²) in [5.41, 5.74) is 0. The van der Waals surface area contributed by atoms with Crippen molar-refractivity contribution in [3.05, 3.63) is 0 Å². The summed E-state index contributed by atoms with van der Waals surface area (Å²) in [6, 6.07) is 0. The van der Waals surface area contributed by atoms with Crippen molar-refractivity contribution in [3.63, 3.8) is 0 Å². The molecule has 0 rings (SSSR count). The van der Waals surface area contributed by atoms with E-state index in [4.69, 9.17) is 47.4 Å². The number of alkyl halides is 1. The molecule has 0 spiro atoms. The number of unbranched alkanes of at least 4 members (excludes halogenated alkanes) is 4. The van der Waals surface area contributed by atoms with Gasteiger partial charge < -0.3 is 47.4 Å². The molecule has 0 saturated carbocycles. The van der Waals surface area contributed by atoms with Crippen molar-refractivity contribution in [2.24, 2.45) is 0 Å². The van der Waals surface area contributed by atoms with Gasteiger partial charge in [-0.2, -0.15) is 0 Å². The van der Waals surface area contributed by atoms with E-state index in [0.717, 1.165) is 24.1 Å². The molecule has 0 aromatic carbocycles. The van der Waals surface area contributed by atoms with Crippen molar-refractivity contribution in [1.82, 2.24) is 0 Å². The fraction of sp³-hybridized carbons (Fsp3) is 1.00. The second-order valence-electron chi connectivity index (χ2n) is 8.23. The summed E-state index contributed by atoms with van der Waals surface area (Å²) < 4.78 is 55.5. The second-order valence-corrected chi connectivity index (χ2v) is 9.31. The average molecular weight is 667 g/mol. The van der Waals surface area contributed by atoms with E-state index in [1.54, 1.807) is 0 Å². The Bertz CT molecular complexity index is 374. The maximum Gasteiger partial charge on any atom is 0.0701 e. The lowest BCUT2D eigenvalue weighted by Crippen LogP contribution is -2.15. The van der Waals surface area contributed by atoms with Crippen LogP contribution in [-0.4, -0.2) is 137 Å². The molecule has 0 unspecified atom stereocenters. The maximum atomic E-state index is 5.55. The topological polar surface area (TPSA) is 92.3 Å². The van der Waals surface area contributed by atoms with Crippen molar-refractivity contribution in [1.29, 1.82) is 0 Å². The molecule has 0 amide bonds. The minimum Gasteiger partial charge on any atom is -0.379 e. The zero-order valence-corrected chi connectivity index (χ0v) is 26.0. The van der Waals surface area contributed by atoms with Gasteiger partial charge in [0.15, 0.2) is 0 Å². The van der Waals surface area contributed by atoms with Gasteiger partial charge in [0.2, 0.25) is 0 Å². The highest BCUT2D eigenvalue weighted by atomic mass is 127. The van der Waals surface area contributed by atoms with E-state index >= 15 is 0 Å². The zero-order valence-electron chi connectivity index (χ0n) is 23.8. The lowest BCUT2D eigenvalue weighted by atomic mass is 10.2. The molecule has 0 aliphatic heterocycles. The van der Waals surface area contributed by atoms with Crippen LogP contribution in [0.3, 0.4) is 0 Å². The fourth-order valence-corrected chi connectivity index (χ4v) is 3.25. The molecule has 0 atom stereocenters. The summed E-state index contributed by atoms with van der Waals surface area (Å²) in [5.74, 6) is 0. The van der Waals surface area contributed by atoms with Crippen LogP contribution in [0.25, 0.3) is 0 Å². The molecule has 0 saturated heterocycles. The van der Waals surface area contributed by atoms with Crippen LogP contribution in [0.2, 0.25) is 0 Å². The summed E-state index contributed by atoms with van der Waals surface area (Å²) in [7, 11) is 0. The zero-order chi connectivity index (χ0) is 27.5. The smallest absolute Gasteiger partial charge is 0.0701 e. The van der Waals surface area contributed by atoms with Crippen LogP contribution in [-0.2, 0) is 47.4 Å². The van der Waals surface area contributed by atoms with Gasteiger partial charge in [0.25, 0.3) is 0 Å². The first-order valence-electron chi connectivity index (χ1n) is 14.2. The highest BCUT2D eigenvalue weighted by Gasteiger charge is 1.96. The average Bonchev–Trinajstić information content (AvgIpc) is 2.93. The molecule has 38 heavy (non-hydrogen) atoms. The Kier molecular flexibility index (Phi) is 37.7. The molecule has 230 valence electrons. The van der Waals surface area contributed by atoms with Crippen molar-refractivity contribution in [2.75, 3.05) is 137 Å².